The third-order valence-electron chi connectivity index (χ3n) is 4.66. The van der Waals surface area contributed by atoms with Crippen molar-refractivity contribution in [1.82, 2.24) is 15.1 Å². The van der Waals surface area contributed by atoms with Crippen LogP contribution in [-0.4, -0.2) is 63.2 Å². The molecule has 1 aliphatic heterocycles. The molecule has 1 aromatic carbocycles. The quantitative estimate of drug-likeness (QED) is 0.830. The van der Waals surface area contributed by atoms with Crippen LogP contribution in [0.2, 0.25) is 0 Å². The highest BCUT2D eigenvalue weighted by molar-refractivity contribution is 5.26. The van der Waals surface area contributed by atoms with Gasteiger partial charge in [-0.2, -0.15) is 0 Å². The highest BCUT2D eigenvalue weighted by atomic mass is 15.2. The van der Waals surface area contributed by atoms with Crippen molar-refractivity contribution >= 4 is 0 Å². The normalized spacial score (nSPS) is 22.6. The van der Waals surface area contributed by atoms with Gasteiger partial charge < -0.3 is 10.2 Å². The Morgan fingerprint density at radius 3 is 2.62 bits per heavy atom. The van der Waals surface area contributed by atoms with Crippen molar-refractivity contribution in [3.8, 4) is 0 Å². The fourth-order valence-electron chi connectivity index (χ4n) is 3.66. The van der Waals surface area contributed by atoms with Crippen LogP contribution in [0.1, 0.15) is 25.3 Å². The molecule has 1 N–H and O–H groups in total. The van der Waals surface area contributed by atoms with Crippen molar-refractivity contribution in [2.24, 2.45) is 0 Å². The van der Waals surface area contributed by atoms with Crippen molar-refractivity contribution in [2.45, 2.75) is 31.2 Å². The van der Waals surface area contributed by atoms with E-state index < -0.39 is 0 Å². The van der Waals surface area contributed by atoms with E-state index in [9.17, 15) is 0 Å². The molecule has 118 valence electrons. The molecule has 2 atom stereocenters. The molecule has 0 radical (unpaired) electrons. The van der Waals surface area contributed by atoms with Crippen LogP contribution in [0.15, 0.2) is 30.3 Å². The van der Waals surface area contributed by atoms with Gasteiger partial charge >= 0.3 is 0 Å². The number of nitrogens with one attached hydrogen (secondary N) is 1. The lowest BCUT2D eigenvalue weighted by atomic mass is 9.81. The van der Waals surface area contributed by atoms with Gasteiger partial charge in [0.1, 0.15) is 0 Å². The Bertz CT molecular complexity index is 418. The zero-order valence-corrected chi connectivity index (χ0v) is 14.1. The van der Waals surface area contributed by atoms with E-state index in [1.54, 1.807) is 0 Å². The molecule has 1 heterocycles. The predicted molar refractivity (Wildman–Crippen MR) is 90.9 cm³/mol. The van der Waals surface area contributed by atoms with Crippen molar-refractivity contribution in [3.05, 3.63) is 35.9 Å². The molecule has 0 aliphatic carbocycles. The standard InChI is InChI=1S/C18H31N3/c1-18(14-19-2,16-9-6-5-7-10-16)15-21-12-8-11-17(21)13-20(3)4/h5-7,9-10,17,19H,8,11-15H2,1-4H3. The Kier molecular flexibility index (Phi) is 5.80. The van der Waals surface area contributed by atoms with Gasteiger partial charge in [-0.25, -0.2) is 0 Å². The summed E-state index contributed by atoms with van der Waals surface area (Å²) in [6.45, 7) is 6.96. The van der Waals surface area contributed by atoms with Crippen LogP contribution < -0.4 is 5.32 Å². The summed E-state index contributed by atoms with van der Waals surface area (Å²) in [4.78, 5) is 5.02. The molecule has 0 saturated carbocycles. The summed E-state index contributed by atoms with van der Waals surface area (Å²) in [6.07, 6.45) is 2.67. The second-order valence-electron chi connectivity index (χ2n) is 6.99. The summed E-state index contributed by atoms with van der Waals surface area (Å²) in [5.74, 6) is 0. The Balaban J connectivity index is 2.12. The molecule has 3 heteroatoms. The average Bonchev–Trinajstić information content (AvgIpc) is 2.86. The molecule has 0 bridgehead atoms. The molecule has 2 rings (SSSR count). The van der Waals surface area contributed by atoms with Gasteiger partial charge in [-0.3, -0.25) is 4.90 Å². The number of rotatable bonds is 7. The van der Waals surface area contributed by atoms with Crippen molar-refractivity contribution in [3.63, 3.8) is 0 Å². The van der Waals surface area contributed by atoms with Crippen LogP contribution in [0.4, 0.5) is 0 Å². The Morgan fingerprint density at radius 2 is 2.00 bits per heavy atom. The second-order valence-corrected chi connectivity index (χ2v) is 6.99. The summed E-state index contributed by atoms with van der Waals surface area (Å²) < 4.78 is 0. The maximum atomic E-state index is 3.40. The number of hydrogen-bond donors (Lipinski definition) is 1. The molecule has 0 spiro atoms. The lowest BCUT2D eigenvalue weighted by Gasteiger charge is -2.37. The molecule has 3 nitrogen and oxygen atoms in total. The number of likely N-dealkylation sites (tertiary alicyclic amines) is 1. The van der Waals surface area contributed by atoms with E-state index in [0.29, 0.717) is 6.04 Å². The minimum atomic E-state index is 0.172. The molecule has 1 aliphatic rings. The lowest BCUT2D eigenvalue weighted by molar-refractivity contribution is 0.170. The third kappa shape index (κ3) is 4.29. The fraction of sp³-hybridized carbons (Fsp3) is 0.667. The van der Waals surface area contributed by atoms with Gasteiger partial charge in [0.05, 0.1) is 0 Å². The first-order chi connectivity index (χ1) is 10.0. The molecular weight excluding hydrogens is 258 g/mol. The Labute approximate surface area is 130 Å². The summed E-state index contributed by atoms with van der Waals surface area (Å²) >= 11 is 0. The summed E-state index contributed by atoms with van der Waals surface area (Å²) in [7, 11) is 6.42. The minimum absolute atomic E-state index is 0.172. The van der Waals surface area contributed by atoms with Crippen LogP contribution in [-0.2, 0) is 5.41 Å². The molecular formula is C18H31N3. The molecule has 21 heavy (non-hydrogen) atoms. The van der Waals surface area contributed by atoms with Crippen LogP contribution in [0, 0.1) is 0 Å². The molecule has 1 fully saturated rings. The van der Waals surface area contributed by atoms with Crippen LogP contribution in [0.5, 0.6) is 0 Å². The van der Waals surface area contributed by atoms with Gasteiger partial charge in [-0.15, -0.1) is 0 Å². The summed E-state index contributed by atoms with van der Waals surface area (Å²) in [5, 5.41) is 3.40. The fourth-order valence-corrected chi connectivity index (χ4v) is 3.66. The van der Waals surface area contributed by atoms with Gasteiger partial charge in [0, 0.05) is 31.1 Å². The monoisotopic (exact) mass is 289 g/mol. The highest BCUT2D eigenvalue weighted by Crippen LogP contribution is 2.28. The Hall–Kier alpha value is -0.900. The number of benzene rings is 1. The van der Waals surface area contributed by atoms with Gasteiger partial charge in [0.25, 0.3) is 0 Å². The van der Waals surface area contributed by atoms with Crippen molar-refractivity contribution < 1.29 is 0 Å². The first kappa shape index (κ1) is 16.5. The van der Waals surface area contributed by atoms with E-state index in [1.165, 1.54) is 31.5 Å². The number of hydrogen-bond acceptors (Lipinski definition) is 3. The van der Waals surface area contributed by atoms with E-state index in [0.717, 1.165) is 13.1 Å². The summed E-state index contributed by atoms with van der Waals surface area (Å²) in [6, 6.07) is 11.7. The van der Waals surface area contributed by atoms with Gasteiger partial charge in [0.2, 0.25) is 0 Å². The Morgan fingerprint density at radius 1 is 1.29 bits per heavy atom. The predicted octanol–water partition coefficient (Wildman–Crippen LogP) is 2.19. The number of nitrogens with zero attached hydrogens (tertiary/aromatic N) is 2. The van der Waals surface area contributed by atoms with E-state index >= 15 is 0 Å². The summed E-state index contributed by atoms with van der Waals surface area (Å²) in [5.41, 5.74) is 1.61. The molecule has 1 saturated heterocycles. The van der Waals surface area contributed by atoms with Gasteiger partial charge in [-0.1, -0.05) is 37.3 Å². The van der Waals surface area contributed by atoms with E-state index in [4.69, 9.17) is 0 Å². The van der Waals surface area contributed by atoms with Crippen LogP contribution in [0.25, 0.3) is 0 Å². The minimum Gasteiger partial charge on any atom is -0.319 e. The van der Waals surface area contributed by atoms with Crippen molar-refractivity contribution in [1.29, 1.82) is 0 Å². The van der Waals surface area contributed by atoms with Crippen molar-refractivity contribution in [2.75, 3.05) is 47.3 Å². The highest BCUT2D eigenvalue weighted by Gasteiger charge is 2.33. The largest absolute Gasteiger partial charge is 0.319 e. The van der Waals surface area contributed by atoms with Crippen LogP contribution in [0.3, 0.4) is 0 Å². The lowest BCUT2D eigenvalue weighted by Crippen LogP contribution is -2.48. The molecule has 2 unspecified atom stereocenters. The second kappa shape index (κ2) is 7.39. The molecule has 0 aromatic heterocycles. The van der Waals surface area contributed by atoms with E-state index in [1.807, 2.05) is 0 Å². The maximum Gasteiger partial charge on any atom is 0.0223 e. The smallest absolute Gasteiger partial charge is 0.0223 e. The SMILES string of the molecule is CNCC(C)(CN1CCCC1CN(C)C)c1ccccc1. The third-order valence-corrected chi connectivity index (χ3v) is 4.66. The van der Waals surface area contributed by atoms with Gasteiger partial charge in [-0.05, 0) is 46.1 Å². The van der Waals surface area contributed by atoms with Gasteiger partial charge in [0.15, 0.2) is 0 Å². The van der Waals surface area contributed by atoms with E-state index in [2.05, 4.69) is 73.5 Å². The van der Waals surface area contributed by atoms with Crippen LogP contribution >= 0.6 is 0 Å². The zero-order valence-electron chi connectivity index (χ0n) is 14.1. The first-order valence-corrected chi connectivity index (χ1v) is 8.14. The zero-order chi connectivity index (χ0) is 15.3. The first-order valence-electron chi connectivity index (χ1n) is 8.14. The average molecular weight is 289 g/mol. The number of likely N-dealkylation sites (N-methyl/N-ethyl adjacent to an activating group) is 2. The molecule has 0 amide bonds. The maximum absolute atomic E-state index is 3.40. The molecule has 1 aromatic rings. The van der Waals surface area contributed by atoms with E-state index in [-0.39, 0.29) is 5.41 Å². The topological polar surface area (TPSA) is 18.5 Å².